The molecule has 5 nitrogen and oxygen atoms in total. The molecule has 5 heteroatoms. The quantitative estimate of drug-likeness (QED) is 0.888. The van der Waals surface area contributed by atoms with Crippen LogP contribution in [0.1, 0.15) is 23.1 Å². The van der Waals surface area contributed by atoms with Crippen molar-refractivity contribution in [3.63, 3.8) is 0 Å². The molecule has 0 atom stereocenters. The van der Waals surface area contributed by atoms with Crippen LogP contribution in [0.5, 0.6) is 5.75 Å². The number of ether oxygens (including phenoxy) is 1. The Morgan fingerprint density at radius 2 is 2.08 bits per heavy atom. The molecule has 1 aliphatic heterocycles. The van der Waals surface area contributed by atoms with Crippen LogP contribution in [-0.2, 0) is 22.6 Å². The van der Waals surface area contributed by atoms with Crippen molar-refractivity contribution in [2.45, 2.75) is 26.3 Å². The van der Waals surface area contributed by atoms with E-state index in [0.29, 0.717) is 24.4 Å². The molecule has 0 unspecified atom stereocenters. The Hall–Kier alpha value is -2.82. The molecule has 0 saturated heterocycles. The fourth-order valence-corrected chi connectivity index (χ4v) is 2.67. The van der Waals surface area contributed by atoms with E-state index < -0.39 is 0 Å². The number of hydrogen-bond acceptors (Lipinski definition) is 3. The summed E-state index contributed by atoms with van der Waals surface area (Å²) in [5.74, 6) is 0.502. The largest absolute Gasteiger partial charge is 0.482 e. The van der Waals surface area contributed by atoms with Crippen LogP contribution in [0, 0.1) is 6.92 Å². The average molecular weight is 324 g/mol. The van der Waals surface area contributed by atoms with Crippen LogP contribution >= 0.6 is 0 Å². The summed E-state index contributed by atoms with van der Waals surface area (Å²) in [6.45, 7) is 2.52. The smallest absolute Gasteiger partial charge is 0.262 e. The van der Waals surface area contributed by atoms with Gasteiger partial charge in [0.05, 0.1) is 5.69 Å². The first-order valence-corrected chi connectivity index (χ1v) is 7.98. The van der Waals surface area contributed by atoms with Crippen molar-refractivity contribution in [1.29, 1.82) is 0 Å². The van der Waals surface area contributed by atoms with E-state index in [0.717, 1.165) is 12.0 Å². The minimum atomic E-state index is -0.165. The predicted octanol–water partition coefficient (Wildman–Crippen LogP) is 2.57. The number of anilines is 1. The second-order valence-corrected chi connectivity index (χ2v) is 5.87. The zero-order chi connectivity index (χ0) is 16.9. The van der Waals surface area contributed by atoms with E-state index in [9.17, 15) is 9.59 Å². The number of benzene rings is 2. The molecule has 0 aromatic heterocycles. The summed E-state index contributed by atoms with van der Waals surface area (Å²) in [6, 6.07) is 13.6. The number of rotatable bonds is 5. The Labute approximate surface area is 141 Å². The van der Waals surface area contributed by atoms with E-state index in [1.54, 1.807) is 0 Å². The third-order valence-electron chi connectivity index (χ3n) is 4.05. The molecule has 2 aromatic carbocycles. The van der Waals surface area contributed by atoms with Crippen LogP contribution in [-0.4, -0.2) is 18.4 Å². The number of amides is 2. The zero-order valence-corrected chi connectivity index (χ0v) is 13.6. The highest BCUT2D eigenvalue weighted by Crippen LogP contribution is 2.28. The molecule has 0 radical (unpaired) electrons. The van der Waals surface area contributed by atoms with Gasteiger partial charge in [0, 0.05) is 13.0 Å². The van der Waals surface area contributed by atoms with Gasteiger partial charge in [-0.15, -0.1) is 0 Å². The van der Waals surface area contributed by atoms with Crippen LogP contribution in [0.2, 0.25) is 0 Å². The van der Waals surface area contributed by atoms with E-state index in [-0.39, 0.29) is 18.4 Å². The van der Waals surface area contributed by atoms with Crippen molar-refractivity contribution in [3.05, 3.63) is 59.2 Å². The fraction of sp³-hybridized carbons (Fsp3) is 0.263. The van der Waals surface area contributed by atoms with Crippen LogP contribution in [0.25, 0.3) is 0 Å². The first kappa shape index (κ1) is 16.1. The summed E-state index contributed by atoms with van der Waals surface area (Å²) < 4.78 is 5.32. The highest BCUT2D eigenvalue weighted by molar-refractivity contribution is 5.95. The maximum Gasteiger partial charge on any atom is 0.262 e. The highest BCUT2D eigenvalue weighted by Gasteiger charge is 2.16. The Morgan fingerprint density at radius 1 is 1.25 bits per heavy atom. The Morgan fingerprint density at radius 3 is 2.92 bits per heavy atom. The standard InChI is InChI=1S/C19H20N2O3/c1-13-4-2-3-5-15(13)7-9-18(22)20-11-14-6-8-17-16(10-14)21-19(23)12-24-17/h2-6,8,10H,7,9,11-12H2,1H3,(H,20,22)(H,21,23). The van der Waals surface area contributed by atoms with E-state index in [1.807, 2.05) is 30.3 Å². The van der Waals surface area contributed by atoms with Crippen molar-refractivity contribution in [2.24, 2.45) is 0 Å². The van der Waals surface area contributed by atoms with Gasteiger partial charge >= 0.3 is 0 Å². The molecular formula is C19H20N2O3. The lowest BCUT2D eigenvalue weighted by Crippen LogP contribution is -2.26. The number of carbonyl (C=O) groups is 2. The number of aryl methyl sites for hydroxylation is 2. The molecule has 0 spiro atoms. The van der Waals surface area contributed by atoms with Crippen LogP contribution in [0.3, 0.4) is 0 Å². The molecule has 1 heterocycles. The summed E-state index contributed by atoms with van der Waals surface area (Å²) in [5.41, 5.74) is 3.97. The molecular weight excluding hydrogens is 304 g/mol. The fourth-order valence-electron chi connectivity index (χ4n) is 2.67. The number of carbonyl (C=O) groups excluding carboxylic acids is 2. The van der Waals surface area contributed by atoms with Crippen molar-refractivity contribution < 1.29 is 14.3 Å². The molecule has 0 saturated carbocycles. The molecule has 1 aliphatic rings. The molecule has 124 valence electrons. The van der Waals surface area contributed by atoms with Gasteiger partial charge in [0.25, 0.3) is 5.91 Å². The third-order valence-corrected chi connectivity index (χ3v) is 4.05. The van der Waals surface area contributed by atoms with Crippen LogP contribution in [0.4, 0.5) is 5.69 Å². The minimum Gasteiger partial charge on any atom is -0.482 e. The Bertz CT molecular complexity index is 771. The molecule has 0 bridgehead atoms. The highest BCUT2D eigenvalue weighted by atomic mass is 16.5. The van der Waals surface area contributed by atoms with E-state index in [2.05, 4.69) is 29.7 Å². The van der Waals surface area contributed by atoms with Gasteiger partial charge in [-0.2, -0.15) is 0 Å². The molecule has 3 rings (SSSR count). The lowest BCUT2D eigenvalue weighted by atomic mass is 10.0. The average Bonchev–Trinajstić information content (AvgIpc) is 2.59. The van der Waals surface area contributed by atoms with E-state index in [4.69, 9.17) is 4.74 Å². The van der Waals surface area contributed by atoms with Gasteiger partial charge in [-0.25, -0.2) is 0 Å². The molecule has 0 fully saturated rings. The Balaban J connectivity index is 1.52. The zero-order valence-electron chi connectivity index (χ0n) is 13.6. The summed E-state index contributed by atoms with van der Waals surface area (Å²) in [4.78, 5) is 23.4. The SMILES string of the molecule is Cc1ccccc1CCC(=O)NCc1ccc2c(c1)NC(=O)CO2. The summed E-state index contributed by atoms with van der Waals surface area (Å²) >= 11 is 0. The Kier molecular flexibility index (Phi) is 4.79. The second kappa shape index (κ2) is 7.17. The molecule has 2 amide bonds. The van der Waals surface area contributed by atoms with Gasteiger partial charge in [0.1, 0.15) is 5.75 Å². The van der Waals surface area contributed by atoms with Gasteiger partial charge in [0.2, 0.25) is 5.91 Å². The molecule has 2 aromatic rings. The number of fused-ring (bicyclic) bond motifs is 1. The van der Waals surface area contributed by atoms with Gasteiger partial charge in [0.15, 0.2) is 6.61 Å². The van der Waals surface area contributed by atoms with Gasteiger partial charge in [-0.1, -0.05) is 30.3 Å². The molecule has 2 N–H and O–H groups in total. The lowest BCUT2D eigenvalue weighted by molar-refractivity contribution is -0.121. The molecule has 24 heavy (non-hydrogen) atoms. The van der Waals surface area contributed by atoms with E-state index >= 15 is 0 Å². The van der Waals surface area contributed by atoms with Crippen molar-refractivity contribution in [3.8, 4) is 5.75 Å². The topological polar surface area (TPSA) is 67.4 Å². The van der Waals surface area contributed by atoms with Crippen LogP contribution in [0.15, 0.2) is 42.5 Å². The van der Waals surface area contributed by atoms with Crippen molar-refractivity contribution in [2.75, 3.05) is 11.9 Å². The second-order valence-electron chi connectivity index (χ2n) is 5.87. The van der Waals surface area contributed by atoms with Crippen molar-refractivity contribution >= 4 is 17.5 Å². The first-order valence-electron chi connectivity index (χ1n) is 7.98. The maximum absolute atomic E-state index is 12.0. The maximum atomic E-state index is 12.0. The van der Waals surface area contributed by atoms with E-state index in [1.165, 1.54) is 11.1 Å². The lowest BCUT2D eigenvalue weighted by Gasteiger charge is -2.18. The normalized spacial score (nSPS) is 12.8. The van der Waals surface area contributed by atoms with Gasteiger partial charge in [-0.05, 0) is 42.2 Å². The third kappa shape index (κ3) is 3.93. The predicted molar refractivity (Wildman–Crippen MR) is 91.9 cm³/mol. The minimum absolute atomic E-state index is 0.0104. The van der Waals surface area contributed by atoms with Crippen LogP contribution < -0.4 is 15.4 Å². The monoisotopic (exact) mass is 324 g/mol. The summed E-state index contributed by atoms with van der Waals surface area (Å²) in [5, 5.41) is 5.68. The van der Waals surface area contributed by atoms with Gasteiger partial charge < -0.3 is 15.4 Å². The number of hydrogen-bond donors (Lipinski definition) is 2. The summed E-state index contributed by atoms with van der Waals surface area (Å²) in [7, 11) is 0. The summed E-state index contributed by atoms with van der Waals surface area (Å²) in [6.07, 6.45) is 1.18. The molecule has 0 aliphatic carbocycles. The number of nitrogens with one attached hydrogen (secondary N) is 2. The van der Waals surface area contributed by atoms with Gasteiger partial charge in [-0.3, -0.25) is 9.59 Å². The first-order chi connectivity index (χ1) is 11.6. The van der Waals surface area contributed by atoms with Crippen molar-refractivity contribution in [1.82, 2.24) is 5.32 Å².